The summed E-state index contributed by atoms with van der Waals surface area (Å²) in [7, 11) is 0. The highest BCUT2D eigenvalue weighted by atomic mass is 35.5. The SMILES string of the molecule is O=C1N/C(=C/c2cc3c(cc2Cl)OCO3)C(=O)N1c1cccc(Cl)c1. The van der Waals surface area contributed by atoms with Crippen molar-refractivity contribution < 1.29 is 19.1 Å². The quantitative estimate of drug-likeness (QED) is 0.638. The summed E-state index contributed by atoms with van der Waals surface area (Å²) in [5.74, 6) is 0.565. The van der Waals surface area contributed by atoms with Crippen molar-refractivity contribution in [2.75, 3.05) is 11.7 Å². The molecule has 2 heterocycles. The molecule has 1 fully saturated rings. The second-order valence-electron chi connectivity index (χ2n) is 5.34. The van der Waals surface area contributed by atoms with Crippen LogP contribution in [0.1, 0.15) is 5.56 Å². The van der Waals surface area contributed by atoms with Crippen molar-refractivity contribution in [1.82, 2.24) is 5.32 Å². The standard InChI is InChI=1S/C17H10Cl2N2O4/c18-10-2-1-3-11(6-10)21-16(22)13(20-17(21)23)4-9-5-14-15(7-12(9)19)25-8-24-14/h1-7H,8H2,(H,20,23)/b13-4+. The third-order valence-electron chi connectivity index (χ3n) is 3.74. The fourth-order valence-corrected chi connectivity index (χ4v) is 2.98. The number of urea groups is 1. The predicted molar refractivity (Wildman–Crippen MR) is 93.0 cm³/mol. The van der Waals surface area contributed by atoms with E-state index in [2.05, 4.69) is 5.32 Å². The second kappa shape index (κ2) is 5.98. The van der Waals surface area contributed by atoms with E-state index in [1.54, 1.807) is 30.3 Å². The zero-order valence-electron chi connectivity index (χ0n) is 12.6. The Morgan fingerprint density at radius 1 is 1.08 bits per heavy atom. The average Bonchev–Trinajstić information content (AvgIpc) is 3.12. The number of amides is 3. The van der Waals surface area contributed by atoms with Gasteiger partial charge in [-0.1, -0.05) is 29.3 Å². The van der Waals surface area contributed by atoms with Gasteiger partial charge in [0.25, 0.3) is 5.91 Å². The van der Waals surface area contributed by atoms with Gasteiger partial charge >= 0.3 is 6.03 Å². The van der Waals surface area contributed by atoms with Crippen LogP contribution in [0.3, 0.4) is 0 Å². The molecule has 2 aliphatic heterocycles. The molecule has 25 heavy (non-hydrogen) atoms. The van der Waals surface area contributed by atoms with Crippen LogP contribution in [-0.4, -0.2) is 18.7 Å². The molecule has 4 rings (SSSR count). The fraction of sp³-hybridized carbons (Fsp3) is 0.0588. The predicted octanol–water partition coefficient (Wildman–Crippen LogP) is 3.82. The van der Waals surface area contributed by atoms with Gasteiger partial charge in [-0.3, -0.25) is 4.79 Å². The van der Waals surface area contributed by atoms with E-state index >= 15 is 0 Å². The van der Waals surface area contributed by atoms with Gasteiger partial charge in [0.2, 0.25) is 6.79 Å². The number of anilines is 1. The minimum atomic E-state index is -0.560. The summed E-state index contributed by atoms with van der Waals surface area (Å²) < 4.78 is 10.5. The normalized spacial score (nSPS) is 17.4. The van der Waals surface area contributed by atoms with E-state index in [1.165, 1.54) is 12.1 Å². The molecule has 8 heteroatoms. The van der Waals surface area contributed by atoms with Crippen molar-refractivity contribution >= 4 is 46.9 Å². The fourth-order valence-electron chi connectivity index (χ4n) is 2.58. The molecule has 2 aliphatic rings. The Hall–Kier alpha value is -2.70. The number of hydrogen-bond donors (Lipinski definition) is 1. The summed E-state index contributed by atoms with van der Waals surface area (Å²) in [6.07, 6.45) is 1.50. The smallest absolute Gasteiger partial charge is 0.333 e. The first-order valence-corrected chi connectivity index (χ1v) is 8.00. The molecule has 2 aromatic carbocycles. The topological polar surface area (TPSA) is 67.9 Å². The maximum atomic E-state index is 12.6. The zero-order chi connectivity index (χ0) is 17.6. The highest BCUT2D eigenvalue weighted by Crippen LogP contribution is 2.37. The van der Waals surface area contributed by atoms with Gasteiger partial charge in [-0.25, -0.2) is 9.69 Å². The number of nitrogens with one attached hydrogen (secondary N) is 1. The van der Waals surface area contributed by atoms with Gasteiger partial charge in [-0.05, 0) is 35.9 Å². The van der Waals surface area contributed by atoms with Crippen molar-refractivity contribution in [3.63, 3.8) is 0 Å². The molecule has 0 unspecified atom stereocenters. The summed E-state index contributed by atoms with van der Waals surface area (Å²) in [6.45, 7) is 0.115. The molecule has 2 aromatic rings. The van der Waals surface area contributed by atoms with E-state index in [0.29, 0.717) is 32.8 Å². The highest BCUT2D eigenvalue weighted by Gasteiger charge is 2.35. The van der Waals surface area contributed by atoms with Crippen LogP contribution in [-0.2, 0) is 4.79 Å². The molecule has 0 aliphatic carbocycles. The molecule has 6 nitrogen and oxygen atoms in total. The average molecular weight is 377 g/mol. The number of benzene rings is 2. The number of nitrogens with zero attached hydrogens (tertiary/aromatic N) is 1. The number of rotatable bonds is 2. The molecule has 0 saturated carbocycles. The van der Waals surface area contributed by atoms with E-state index in [-0.39, 0.29) is 12.5 Å². The molecular formula is C17H10Cl2N2O4. The van der Waals surface area contributed by atoms with Crippen molar-refractivity contribution in [2.45, 2.75) is 0 Å². The Labute approximate surface area is 152 Å². The number of ether oxygens (including phenoxy) is 2. The summed E-state index contributed by atoms with van der Waals surface area (Å²) in [4.78, 5) is 25.8. The summed E-state index contributed by atoms with van der Waals surface area (Å²) in [5, 5.41) is 3.34. The Balaban J connectivity index is 1.69. The van der Waals surface area contributed by atoms with Gasteiger partial charge in [0, 0.05) is 11.1 Å². The van der Waals surface area contributed by atoms with E-state index < -0.39 is 11.9 Å². The van der Waals surface area contributed by atoms with Crippen molar-refractivity contribution in [1.29, 1.82) is 0 Å². The Morgan fingerprint density at radius 3 is 2.60 bits per heavy atom. The van der Waals surface area contributed by atoms with Crippen LogP contribution in [0.15, 0.2) is 42.1 Å². The van der Waals surface area contributed by atoms with Crippen molar-refractivity contribution in [2.24, 2.45) is 0 Å². The molecule has 3 amide bonds. The van der Waals surface area contributed by atoms with Gasteiger partial charge in [0.05, 0.1) is 10.7 Å². The van der Waals surface area contributed by atoms with E-state index in [9.17, 15) is 9.59 Å². The molecule has 126 valence electrons. The minimum absolute atomic E-state index is 0.103. The number of halogens is 2. The van der Waals surface area contributed by atoms with Gasteiger partial charge in [0.15, 0.2) is 11.5 Å². The van der Waals surface area contributed by atoms with Crippen LogP contribution in [0.25, 0.3) is 6.08 Å². The van der Waals surface area contributed by atoms with Crippen LogP contribution >= 0.6 is 23.2 Å². The maximum absolute atomic E-state index is 12.6. The van der Waals surface area contributed by atoms with Crippen LogP contribution in [0.4, 0.5) is 10.5 Å². The molecule has 0 spiro atoms. The number of carbonyl (C=O) groups is 2. The van der Waals surface area contributed by atoms with Crippen LogP contribution in [0, 0.1) is 0 Å². The summed E-state index contributed by atoms with van der Waals surface area (Å²) in [6, 6.07) is 9.18. The molecule has 0 aromatic heterocycles. The van der Waals surface area contributed by atoms with Gasteiger partial charge < -0.3 is 14.8 Å². The molecule has 1 N–H and O–H groups in total. The van der Waals surface area contributed by atoms with Gasteiger partial charge in [-0.15, -0.1) is 0 Å². The van der Waals surface area contributed by atoms with Crippen LogP contribution < -0.4 is 19.7 Å². The monoisotopic (exact) mass is 376 g/mol. The second-order valence-corrected chi connectivity index (χ2v) is 6.18. The first-order chi connectivity index (χ1) is 12.0. The van der Waals surface area contributed by atoms with Gasteiger partial charge in [0.1, 0.15) is 5.70 Å². The molecule has 1 saturated heterocycles. The van der Waals surface area contributed by atoms with Crippen LogP contribution in [0.2, 0.25) is 10.0 Å². The van der Waals surface area contributed by atoms with E-state index in [0.717, 1.165) is 4.90 Å². The lowest BCUT2D eigenvalue weighted by molar-refractivity contribution is -0.113. The molecule has 0 atom stereocenters. The largest absolute Gasteiger partial charge is 0.454 e. The number of fused-ring (bicyclic) bond motifs is 1. The summed E-state index contributed by atoms with van der Waals surface area (Å²) in [5.41, 5.74) is 1.02. The lowest BCUT2D eigenvalue weighted by Gasteiger charge is -2.11. The summed E-state index contributed by atoms with van der Waals surface area (Å²) >= 11 is 12.1. The third kappa shape index (κ3) is 2.79. The van der Waals surface area contributed by atoms with Gasteiger partial charge in [-0.2, -0.15) is 0 Å². The Morgan fingerprint density at radius 2 is 1.84 bits per heavy atom. The van der Waals surface area contributed by atoms with E-state index in [4.69, 9.17) is 32.7 Å². The number of hydrogen-bond acceptors (Lipinski definition) is 4. The lowest BCUT2D eigenvalue weighted by Crippen LogP contribution is -2.30. The number of carbonyl (C=O) groups excluding carboxylic acids is 2. The number of imide groups is 1. The Bertz CT molecular complexity index is 942. The van der Waals surface area contributed by atoms with Crippen molar-refractivity contribution in [3.05, 3.63) is 57.7 Å². The van der Waals surface area contributed by atoms with Crippen LogP contribution in [0.5, 0.6) is 11.5 Å². The maximum Gasteiger partial charge on any atom is 0.333 e. The molecular weight excluding hydrogens is 367 g/mol. The first-order valence-electron chi connectivity index (χ1n) is 7.25. The molecule has 0 radical (unpaired) electrons. The molecule has 0 bridgehead atoms. The first kappa shape index (κ1) is 15.8. The Kier molecular flexibility index (Phi) is 3.78. The van der Waals surface area contributed by atoms with E-state index in [1.807, 2.05) is 0 Å². The highest BCUT2D eigenvalue weighted by molar-refractivity contribution is 6.34. The third-order valence-corrected chi connectivity index (χ3v) is 4.30. The lowest BCUT2D eigenvalue weighted by atomic mass is 10.1. The minimum Gasteiger partial charge on any atom is -0.454 e. The zero-order valence-corrected chi connectivity index (χ0v) is 14.1. The van der Waals surface area contributed by atoms with Crippen molar-refractivity contribution in [3.8, 4) is 11.5 Å².